The molecule has 0 saturated heterocycles. The van der Waals surface area contributed by atoms with Crippen LogP contribution in [0.2, 0.25) is 15.1 Å². The van der Waals surface area contributed by atoms with Crippen LogP contribution in [0, 0.1) is 0 Å². The molecule has 0 radical (unpaired) electrons. The molecule has 90 valence electrons. The van der Waals surface area contributed by atoms with Crippen LogP contribution in [0.25, 0.3) is 0 Å². The molecule has 0 heterocycles. The van der Waals surface area contributed by atoms with Gasteiger partial charge in [0.2, 0.25) is 0 Å². The fourth-order valence-electron chi connectivity index (χ4n) is 0.934. The SMILES string of the molecule is Oc1ccc(Cl)cc1.Oc1cccc(Cl)c1Cl. The first-order valence-electron chi connectivity index (χ1n) is 4.58. The van der Waals surface area contributed by atoms with Crippen LogP contribution in [-0.2, 0) is 0 Å². The van der Waals surface area contributed by atoms with Crippen molar-refractivity contribution in [2.45, 2.75) is 0 Å². The van der Waals surface area contributed by atoms with Crippen molar-refractivity contribution in [1.82, 2.24) is 0 Å². The predicted molar refractivity (Wildman–Crippen MR) is 71.2 cm³/mol. The Hall–Kier alpha value is -1.09. The van der Waals surface area contributed by atoms with E-state index in [0.717, 1.165) is 0 Å². The number of hydrogen-bond acceptors (Lipinski definition) is 2. The van der Waals surface area contributed by atoms with Crippen molar-refractivity contribution in [3.05, 3.63) is 57.5 Å². The Bertz CT molecular complexity index is 442. The Morgan fingerprint density at radius 3 is 1.76 bits per heavy atom. The van der Waals surface area contributed by atoms with Gasteiger partial charge in [0, 0.05) is 5.02 Å². The van der Waals surface area contributed by atoms with Gasteiger partial charge in [-0.05, 0) is 36.4 Å². The number of rotatable bonds is 0. The van der Waals surface area contributed by atoms with Crippen molar-refractivity contribution >= 4 is 34.8 Å². The van der Waals surface area contributed by atoms with Crippen molar-refractivity contribution in [2.75, 3.05) is 0 Å². The minimum Gasteiger partial charge on any atom is -0.508 e. The topological polar surface area (TPSA) is 40.5 Å². The largest absolute Gasteiger partial charge is 0.508 e. The monoisotopic (exact) mass is 290 g/mol. The van der Waals surface area contributed by atoms with E-state index in [9.17, 15) is 0 Å². The molecular weight excluding hydrogens is 282 g/mol. The lowest BCUT2D eigenvalue weighted by molar-refractivity contribution is 0.475. The van der Waals surface area contributed by atoms with Crippen LogP contribution in [-0.4, -0.2) is 10.2 Å². The second-order valence-corrected chi connectivity index (χ2v) is 4.27. The fraction of sp³-hybridized carbons (Fsp3) is 0. The highest BCUT2D eigenvalue weighted by Crippen LogP contribution is 2.29. The normalized spacial score (nSPS) is 9.35. The van der Waals surface area contributed by atoms with Crippen molar-refractivity contribution in [3.8, 4) is 11.5 Å². The predicted octanol–water partition coefficient (Wildman–Crippen LogP) is 4.74. The summed E-state index contributed by atoms with van der Waals surface area (Å²) in [6.45, 7) is 0. The molecule has 0 fully saturated rings. The number of halogens is 3. The zero-order chi connectivity index (χ0) is 12.8. The van der Waals surface area contributed by atoms with E-state index in [2.05, 4.69) is 0 Å². The fourth-order valence-corrected chi connectivity index (χ4v) is 1.36. The van der Waals surface area contributed by atoms with Crippen LogP contribution in [0.5, 0.6) is 11.5 Å². The van der Waals surface area contributed by atoms with Crippen molar-refractivity contribution in [1.29, 1.82) is 0 Å². The maximum atomic E-state index is 8.88. The minimum absolute atomic E-state index is 0.0177. The molecule has 5 heteroatoms. The summed E-state index contributed by atoms with van der Waals surface area (Å²) < 4.78 is 0. The smallest absolute Gasteiger partial charge is 0.135 e. The Balaban J connectivity index is 0.000000171. The van der Waals surface area contributed by atoms with Crippen molar-refractivity contribution < 1.29 is 10.2 Å². The van der Waals surface area contributed by atoms with Crippen molar-refractivity contribution in [3.63, 3.8) is 0 Å². The third-order valence-corrected chi connectivity index (χ3v) is 2.82. The van der Waals surface area contributed by atoms with E-state index >= 15 is 0 Å². The molecule has 2 N–H and O–H groups in total. The molecule has 0 aromatic heterocycles. The molecule has 2 aromatic rings. The van der Waals surface area contributed by atoms with Gasteiger partial charge in [-0.3, -0.25) is 0 Å². The van der Waals surface area contributed by atoms with Gasteiger partial charge in [0.05, 0.1) is 5.02 Å². The molecule has 0 aliphatic carbocycles. The lowest BCUT2D eigenvalue weighted by Crippen LogP contribution is -1.67. The summed E-state index contributed by atoms with van der Waals surface area (Å²) in [5.74, 6) is 0.263. The van der Waals surface area contributed by atoms with Gasteiger partial charge in [0.15, 0.2) is 0 Å². The molecule has 0 unspecified atom stereocenters. The first-order valence-corrected chi connectivity index (χ1v) is 5.71. The number of aromatic hydroxyl groups is 2. The highest BCUT2D eigenvalue weighted by molar-refractivity contribution is 6.42. The maximum absolute atomic E-state index is 8.88. The van der Waals surface area contributed by atoms with E-state index < -0.39 is 0 Å². The molecular formula is C12H9Cl3O2. The zero-order valence-electron chi connectivity index (χ0n) is 8.57. The number of hydrogen-bond donors (Lipinski definition) is 2. The quantitative estimate of drug-likeness (QED) is 0.735. The van der Waals surface area contributed by atoms with Gasteiger partial charge in [-0.15, -0.1) is 0 Å². The molecule has 0 saturated carbocycles. The van der Waals surface area contributed by atoms with E-state index in [0.29, 0.717) is 10.0 Å². The highest BCUT2D eigenvalue weighted by Gasteiger charge is 1.99. The second kappa shape index (κ2) is 6.60. The molecule has 0 amide bonds. The van der Waals surface area contributed by atoms with Gasteiger partial charge in [0.1, 0.15) is 16.5 Å². The Kier molecular flexibility index (Phi) is 5.42. The summed E-state index contributed by atoms with van der Waals surface area (Å²) >= 11 is 16.5. The average molecular weight is 292 g/mol. The third-order valence-electron chi connectivity index (χ3n) is 1.76. The number of benzene rings is 2. The van der Waals surface area contributed by atoms with Crippen LogP contribution in [0.1, 0.15) is 0 Å². The van der Waals surface area contributed by atoms with Gasteiger partial charge in [-0.1, -0.05) is 40.9 Å². The van der Waals surface area contributed by atoms with E-state index in [1.54, 1.807) is 36.4 Å². The molecule has 17 heavy (non-hydrogen) atoms. The summed E-state index contributed by atoms with van der Waals surface area (Å²) in [6.07, 6.45) is 0. The van der Waals surface area contributed by atoms with Gasteiger partial charge < -0.3 is 10.2 Å². The first-order chi connectivity index (χ1) is 8.00. The lowest BCUT2D eigenvalue weighted by atomic mass is 10.3. The van der Waals surface area contributed by atoms with E-state index in [-0.39, 0.29) is 16.5 Å². The molecule has 0 bridgehead atoms. The molecule has 0 aliphatic rings. The summed E-state index contributed by atoms with van der Waals surface area (Å²) in [5, 5.41) is 18.8. The minimum atomic E-state index is 0.0177. The van der Waals surface area contributed by atoms with E-state index in [4.69, 9.17) is 45.0 Å². The standard InChI is InChI=1S/C6H4Cl2O.C6H5ClO/c7-4-2-1-3-5(9)6(4)8;7-5-1-3-6(8)4-2-5/h1-3,9H;1-4,8H. The number of phenolic OH excluding ortho intramolecular Hbond substituents is 2. The van der Waals surface area contributed by atoms with Crippen LogP contribution in [0.3, 0.4) is 0 Å². The maximum Gasteiger partial charge on any atom is 0.135 e. The van der Waals surface area contributed by atoms with E-state index in [1.165, 1.54) is 6.07 Å². The second-order valence-electron chi connectivity index (χ2n) is 3.05. The summed E-state index contributed by atoms with van der Waals surface area (Å²) in [6, 6.07) is 11.1. The number of phenols is 2. The summed E-state index contributed by atoms with van der Waals surface area (Å²) in [5.41, 5.74) is 0. The molecule has 2 rings (SSSR count). The first kappa shape index (κ1) is 14.0. The van der Waals surface area contributed by atoms with Crippen LogP contribution in [0.15, 0.2) is 42.5 Å². The highest BCUT2D eigenvalue weighted by atomic mass is 35.5. The van der Waals surface area contributed by atoms with Gasteiger partial charge in [-0.2, -0.15) is 0 Å². The lowest BCUT2D eigenvalue weighted by Gasteiger charge is -1.95. The van der Waals surface area contributed by atoms with Crippen LogP contribution < -0.4 is 0 Å². The Labute approximate surface area is 114 Å². The van der Waals surface area contributed by atoms with Crippen LogP contribution in [0.4, 0.5) is 0 Å². The van der Waals surface area contributed by atoms with Crippen molar-refractivity contribution in [2.24, 2.45) is 0 Å². The summed E-state index contributed by atoms with van der Waals surface area (Å²) in [7, 11) is 0. The molecule has 0 spiro atoms. The molecule has 2 aromatic carbocycles. The van der Waals surface area contributed by atoms with Crippen LogP contribution >= 0.6 is 34.8 Å². The average Bonchev–Trinajstić information content (AvgIpc) is 2.31. The molecule has 2 nitrogen and oxygen atoms in total. The third kappa shape index (κ3) is 4.73. The molecule has 0 aliphatic heterocycles. The van der Waals surface area contributed by atoms with Gasteiger partial charge >= 0.3 is 0 Å². The Morgan fingerprint density at radius 2 is 1.35 bits per heavy atom. The molecule has 0 atom stereocenters. The van der Waals surface area contributed by atoms with E-state index in [1.807, 2.05) is 0 Å². The Morgan fingerprint density at radius 1 is 0.765 bits per heavy atom. The zero-order valence-corrected chi connectivity index (χ0v) is 10.8. The van der Waals surface area contributed by atoms with Gasteiger partial charge in [0.25, 0.3) is 0 Å². The summed E-state index contributed by atoms with van der Waals surface area (Å²) in [4.78, 5) is 0. The van der Waals surface area contributed by atoms with Gasteiger partial charge in [-0.25, -0.2) is 0 Å².